The number of rotatable bonds is 5. The maximum absolute atomic E-state index is 13.9. The largest absolute Gasteiger partial charge is 0.314 e. The number of hydrogen-bond donors (Lipinski definition) is 1. The third kappa shape index (κ3) is 3.82. The van der Waals surface area contributed by atoms with Crippen LogP contribution < -0.4 is 5.32 Å². The molecule has 1 fully saturated rings. The molecule has 0 radical (unpaired) electrons. The highest BCUT2D eigenvalue weighted by atomic mass is 19.1. The molecule has 1 aromatic carbocycles. The van der Waals surface area contributed by atoms with Crippen molar-refractivity contribution in [3.05, 3.63) is 35.6 Å². The molecule has 0 spiro atoms. The Labute approximate surface area is 123 Å². The summed E-state index contributed by atoms with van der Waals surface area (Å²) in [5.74, 6) is 2.05. The molecule has 1 saturated carbocycles. The van der Waals surface area contributed by atoms with Crippen LogP contribution in [0.25, 0.3) is 0 Å². The summed E-state index contributed by atoms with van der Waals surface area (Å²) in [5.41, 5.74) is 0.879. The predicted molar refractivity (Wildman–Crippen MR) is 83.2 cm³/mol. The van der Waals surface area contributed by atoms with Gasteiger partial charge in [-0.1, -0.05) is 39.0 Å². The Morgan fingerprint density at radius 3 is 2.65 bits per heavy atom. The smallest absolute Gasteiger partial charge is 0.126 e. The fourth-order valence-electron chi connectivity index (χ4n) is 3.61. The van der Waals surface area contributed by atoms with Crippen molar-refractivity contribution in [2.45, 2.75) is 52.5 Å². The van der Waals surface area contributed by atoms with E-state index in [0.29, 0.717) is 12.0 Å². The molecule has 2 heteroatoms. The number of hydrogen-bond acceptors (Lipinski definition) is 1. The molecule has 1 nitrogen and oxygen atoms in total. The Kier molecular flexibility index (Phi) is 5.59. The summed E-state index contributed by atoms with van der Waals surface area (Å²) in [6, 6.07) is 7.80. The third-order valence-electron chi connectivity index (χ3n) is 4.87. The quantitative estimate of drug-likeness (QED) is 0.840. The molecule has 1 aliphatic rings. The van der Waals surface area contributed by atoms with Crippen molar-refractivity contribution in [1.29, 1.82) is 0 Å². The molecule has 0 heterocycles. The summed E-state index contributed by atoms with van der Waals surface area (Å²) in [4.78, 5) is 0. The molecule has 0 amide bonds. The number of halogens is 1. The second kappa shape index (κ2) is 7.21. The lowest BCUT2D eigenvalue weighted by molar-refractivity contribution is 0.168. The first kappa shape index (κ1) is 15.5. The molecule has 112 valence electrons. The van der Waals surface area contributed by atoms with Crippen molar-refractivity contribution in [2.24, 2.45) is 17.8 Å². The Hall–Kier alpha value is -0.890. The molecule has 2 rings (SSSR count). The van der Waals surface area contributed by atoms with Gasteiger partial charge in [-0.15, -0.1) is 0 Å². The minimum absolute atomic E-state index is 0.0468. The molecule has 0 aromatic heterocycles. The third-order valence-corrected chi connectivity index (χ3v) is 4.87. The van der Waals surface area contributed by atoms with Crippen LogP contribution in [-0.2, 0) is 6.42 Å². The van der Waals surface area contributed by atoms with Gasteiger partial charge in [-0.2, -0.15) is 0 Å². The molecular weight excluding hydrogens is 249 g/mol. The molecule has 1 aromatic rings. The van der Waals surface area contributed by atoms with Crippen LogP contribution in [0, 0.1) is 23.6 Å². The predicted octanol–water partition coefficient (Wildman–Crippen LogP) is 4.42. The molecule has 3 atom stereocenters. The first-order chi connectivity index (χ1) is 9.61. The SMILES string of the molecule is CCNC1CCC(C(C)C)CC1Cc1ccccc1F. The minimum Gasteiger partial charge on any atom is -0.314 e. The van der Waals surface area contributed by atoms with E-state index in [0.717, 1.165) is 30.4 Å². The topological polar surface area (TPSA) is 12.0 Å². The van der Waals surface area contributed by atoms with E-state index in [2.05, 4.69) is 26.1 Å². The van der Waals surface area contributed by atoms with Gasteiger partial charge in [-0.3, -0.25) is 0 Å². The minimum atomic E-state index is -0.0468. The van der Waals surface area contributed by atoms with E-state index in [1.807, 2.05) is 12.1 Å². The van der Waals surface area contributed by atoms with E-state index in [1.165, 1.54) is 19.3 Å². The highest BCUT2D eigenvalue weighted by molar-refractivity contribution is 5.18. The van der Waals surface area contributed by atoms with Gasteiger partial charge in [0.15, 0.2) is 0 Å². The van der Waals surface area contributed by atoms with Gasteiger partial charge in [0, 0.05) is 6.04 Å². The van der Waals surface area contributed by atoms with Crippen molar-refractivity contribution in [3.63, 3.8) is 0 Å². The Morgan fingerprint density at radius 1 is 1.25 bits per heavy atom. The average molecular weight is 277 g/mol. The van der Waals surface area contributed by atoms with Gasteiger partial charge in [0.1, 0.15) is 5.82 Å². The zero-order valence-corrected chi connectivity index (χ0v) is 13.0. The average Bonchev–Trinajstić information content (AvgIpc) is 2.43. The maximum Gasteiger partial charge on any atom is 0.126 e. The van der Waals surface area contributed by atoms with Crippen LogP contribution in [0.15, 0.2) is 24.3 Å². The van der Waals surface area contributed by atoms with Crippen LogP contribution in [0.4, 0.5) is 4.39 Å². The molecular formula is C18H28FN. The Morgan fingerprint density at radius 2 is 2.00 bits per heavy atom. The highest BCUT2D eigenvalue weighted by Crippen LogP contribution is 2.36. The number of nitrogens with one attached hydrogen (secondary N) is 1. The van der Waals surface area contributed by atoms with E-state index in [9.17, 15) is 4.39 Å². The zero-order valence-electron chi connectivity index (χ0n) is 13.0. The van der Waals surface area contributed by atoms with Crippen molar-refractivity contribution in [2.75, 3.05) is 6.54 Å². The van der Waals surface area contributed by atoms with E-state index in [-0.39, 0.29) is 5.82 Å². The first-order valence-corrected chi connectivity index (χ1v) is 8.08. The van der Waals surface area contributed by atoms with Gasteiger partial charge in [0.2, 0.25) is 0 Å². The molecule has 1 N–H and O–H groups in total. The number of benzene rings is 1. The van der Waals surface area contributed by atoms with Gasteiger partial charge in [-0.25, -0.2) is 4.39 Å². The van der Waals surface area contributed by atoms with E-state index < -0.39 is 0 Å². The maximum atomic E-state index is 13.9. The standard InChI is InChI=1S/C18H28FN/c1-4-20-18-10-9-14(13(2)3)11-16(18)12-15-7-5-6-8-17(15)19/h5-8,13-14,16,18,20H,4,9-12H2,1-3H3. The first-order valence-electron chi connectivity index (χ1n) is 8.08. The van der Waals surface area contributed by atoms with E-state index in [1.54, 1.807) is 12.1 Å². The summed E-state index contributed by atoms with van der Waals surface area (Å²) in [6.45, 7) is 7.80. The summed E-state index contributed by atoms with van der Waals surface area (Å²) < 4.78 is 13.9. The van der Waals surface area contributed by atoms with Crippen LogP contribution in [0.5, 0.6) is 0 Å². The second-order valence-corrected chi connectivity index (χ2v) is 6.54. The van der Waals surface area contributed by atoms with Gasteiger partial charge < -0.3 is 5.32 Å². The molecule has 20 heavy (non-hydrogen) atoms. The van der Waals surface area contributed by atoms with Crippen LogP contribution in [0.1, 0.15) is 45.6 Å². The van der Waals surface area contributed by atoms with Gasteiger partial charge in [-0.05, 0) is 61.6 Å². The second-order valence-electron chi connectivity index (χ2n) is 6.54. The van der Waals surface area contributed by atoms with Crippen LogP contribution in [0.3, 0.4) is 0 Å². The van der Waals surface area contributed by atoms with E-state index >= 15 is 0 Å². The van der Waals surface area contributed by atoms with E-state index in [4.69, 9.17) is 0 Å². The fourth-order valence-corrected chi connectivity index (χ4v) is 3.61. The summed E-state index contributed by atoms with van der Waals surface area (Å²) in [7, 11) is 0. The summed E-state index contributed by atoms with van der Waals surface area (Å²) in [5, 5.41) is 3.61. The van der Waals surface area contributed by atoms with Gasteiger partial charge in [0.25, 0.3) is 0 Å². The lowest BCUT2D eigenvalue weighted by Gasteiger charge is -2.38. The van der Waals surface area contributed by atoms with Gasteiger partial charge in [0.05, 0.1) is 0 Å². The van der Waals surface area contributed by atoms with Gasteiger partial charge >= 0.3 is 0 Å². The lowest BCUT2D eigenvalue weighted by atomic mass is 9.71. The van der Waals surface area contributed by atoms with Crippen molar-refractivity contribution in [3.8, 4) is 0 Å². The van der Waals surface area contributed by atoms with Crippen LogP contribution in [-0.4, -0.2) is 12.6 Å². The van der Waals surface area contributed by atoms with Crippen molar-refractivity contribution in [1.82, 2.24) is 5.32 Å². The van der Waals surface area contributed by atoms with Crippen molar-refractivity contribution >= 4 is 0 Å². The lowest BCUT2D eigenvalue weighted by Crippen LogP contribution is -2.42. The normalized spacial score (nSPS) is 26.9. The van der Waals surface area contributed by atoms with Crippen LogP contribution in [0.2, 0.25) is 0 Å². The molecule has 3 unspecified atom stereocenters. The summed E-state index contributed by atoms with van der Waals surface area (Å²) in [6.07, 6.45) is 4.64. The Balaban J connectivity index is 2.09. The molecule has 0 aliphatic heterocycles. The molecule has 1 aliphatic carbocycles. The monoisotopic (exact) mass is 277 g/mol. The van der Waals surface area contributed by atoms with Crippen LogP contribution >= 0.6 is 0 Å². The van der Waals surface area contributed by atoms with Crippen molar-refractivity contribution < 1.29 is 4.39 Å². The summed E-state index contributed by atoms with van der Waals surface area (Å²) >= 11 is 0. The molecule has 0 bridgehead atoms. The molecule has 0 saturated heterocycles. The Bertz CT molecular complexity index is 416. The highest BCUT2D eigenvalue weighted by Gasteiger charge is 2.31. The fraction of sp³-hybridized carbons (Fsp3) is 0.667. The zero-order chi connectivity index (χ0) is 14.5.